The van der Waals surface area contributed by atoms with Crippen LogP contribution in [0.25, 0.3) is 0 Å². The van der Waals surface area contributed by atoms with Crippen LogP contribution in [0.5, 0.6) is 0 Å². The van der Waals surface area contributed by atoms with E-state index in [9.17, 15) is 9.59 Å². The normalized spacial score (nSPS) is 21.9. The minimum Gasteiger partial charge on any atom is -0.469 e. The van der Waals surface area contributed by atoms with Gasteiger partial charge in [-0.3, -0.25) is 9.59 Å². The van der Waals surface area contributed by atoms with Crippen LogP contribution in [0.4, 0.5) is 0 Å². The fourth-order valence-corrected chi connectivity index (χ4v) is 3.08. The Morgan fingerprint density at radius 3 is 2.57 bits per heavy atom. The van der Waals surface area contributed by atoms with Crippen molar-refractivity contribution >= 4 is 11.8 Å². The first kappa shape index (κ1) is 15.6. The summed E-state index contributed by atoms with van der Waals surface area (Å²) in [5, 5.41) is 3.06. The van der Waals surface area contributed by atoms with E-state index < -0.39 is 0 Å². The molecule has 0 aromatic carbocycles. The predicted octanol–water partition coefficient (Wildman–Crippen LogP) is 2.27. The second-order valence-electron chi connectivity index (χ2n) is 6.12. The summed E-state index contributed by atoms with van der Waals surface area (Å²) >= 11 is 0. The average Bonchev–Trinajstić information content (AvgIpc) is 2.77. The summed E-state index contributed by atoms with van der Waals surface area (Å²) in [4.78, 5) is 26.1. The van der Waals surface area contributed by atoms with E-state index >= 15 is 0 Å². The SMILES string of the molecule is Cc1coc(C)c1C(=O)N[C@@H]1CCC[C@@H](C(=O)N(C)C)C1. The number of furan rings is 1. The highest BCUT2D eigenvalue weighted by Crippen LogP contribution is 2.26. The third-order valence-electron chi connectivity index (χ3n) is 4.19. The molecule has 5 heteroatoms. The van der Waals surface area contributed by atoms with Crippen LogP contribution in [0.2, 0.25) is 0 Å². The first-order chi connectivity index (χ1) is 9.90. The molecular weight excluding hydrogens is 268 g/mol. The van der Waals surface area contributed by atoms with Gasteiger partial charge in [-0.05, 0) is 33.1 Å². The molecule has 2 atom stereocenters. The summed E-state index contributed by atoms with van der Waals surface area (Å²) in [5.41, 5.74) is 1.47. The van der Waals surface area contributed by atoms with Crippen LogP contribution >= 0.6 is 0 Å². The van der Waals surface area contributed by atoms with Crippen molar-refractivity contribution in [3.05, 3.63) is 23.2 Å². The number of rotatable bonds is 3. The van der Waals surface area contributed by atoms with Crippen LogP contribution in [0.1, 0.15) is 47.4 Å². The maximum atomic E-state index is 12.4. The Kier molecular flexibility index (Phi) is 4.70. The summed E-state index contributed by atoms with van der Waals surface area (Å²) < 4.78 is 5.27. The Hall–Kier alpha value is -1.78. The van der Waals surface area contributed by atoms with E-state index in [2.05, 4.69) is 5.32 Å². The largest absolute Gasteiger partial charge is 0.469 e. The van der Waals surface area contributed by atoms with Gasteiger partial charge >= 0.3 is 0 Å². The summed E-state index contributed by atoms with van der Waals surface area (Å²) in [6, 6.07) is 0.0637. The molecule has 1 aliphatic rings. The molecule has 0 saturated heterocycles. The number of nitrogens with zero attached hydrogens (tertiary/aromatic N) is 1. The van der Waals surface area contributed by atoms with Gasteiger partial charge in [-0.25, -0.2) is 0 Å². The molecule has 5 nitrogen and oxygen atoms in total. The lowest BCUT2D eigenvalue weighted by Gasteiger charge is -2.30. The van der Waals surface area contributed by atoms with E-state index in [1.165, 1.54) is 0 Å². The van der Waals surface area contributed by atoms with Crippen molar-refractivity contribution in [3.63, 3.8) is 0 Å². The van der Waals surface area contributed by atoms with E-state index in [4.69, 9.17) is 4.42 Å². The quantitative estimate of drug-likeness (QED) is 0.929. The average molecular weight is 292 g/mol. The van der Waals surface area contributed by atoms with Crippen molar-refractivity contribution in [2.24, 2.45) is 5.92 Å². The Morgan fingerprint density at radius 2 is 2.00 bits per heavy atom. The molecule has 1 fully saturated rings. The second-order valence-corrected chi connectivity index (χ2v) is 6.12. The monoisotopic (exact) mass is 292 g/mol. The fraction of sp³-hybridized carbons (Fsp3) is 0.625. The van der Waals surface area contributed by atoms with Gasteiger partial charge in [-0.15, -0.1) is 0 Å². The molecule has 2 amide bonds. The van der Waals surface area contributed by atoms with Crippen LogP contribution in [-0.2, 0) is 4.79 Å². The molecular formula is C16H24N2O3. The van der Waals surface area contributed by atoms with Gasteiger partial charge in [0.25, 0.3) is 5.91 Å². The zero-order valence-electron chi connectivity index (χ0n) is 13.2. The minimum absolute atomic E-state index is 0.0191. The Balaban J connectivity index is 2.00. The molecule has 1 aliphatic carbocycles. The molecule has 0 unspecified atom stereocenters. The molecule has 0 aliphatic heterocycles. The molecule has 0 bridgehead atoms. The number of hydrogen-bond acceptors (Lipinski definition) is 3. The van der Waals surface area contributed by atoms with Gasteiger partial charge in [0, 0.05) is 31.6 Å². The molecule has 2 rings (SSSR count). The number of hydrogen-bond donors (Lipinski definition) is 1. The molecule has 21 heavy (non-hydrogen) atoms. The first-order valence-corrected chi connectivity index (χ1v) is 7.47. The Labute approximate surface area is 125 Å². The van der Waals surface area contributed by atoms with E-state index in [-0.39, 0.29) is 23.8 Å². The Morgan fingerprint density at radius 1 is 1.29 bits per heavy atom. The highest BCUT2D eigenvalue weighted by molar-refractivity contribution is 5.96. The molecule has 1 heterocycles. The van der Waals surface area contributed by atoms with Crippen LogP contribution in [0, 0.1) is 19.8 Å². The van der Waals surface area contributed by atoms with Crippen molar-refractivity contribution < 1.29 is 14.0 Å². The lowest BCUT2D eigenvalue weighted by atomic mass is 9.84. The smallest absolute Gasteiger partial charge is 0.255 e. The topological polar surface area (TPSA) is 62.6 Å². The van der Waals surface area contributed by atoms with Crippen LogP contribution in [0.15, 0.2) is 10.7 Å². The van der Waals surface area contributed by atoms with E-state index in [1.54, 1.807) is 32.2 Å². The van der Waals surface area contributed by atoms with Gasteiger partial charge in [0.15, 0.2) is 0 Å². The fourth-order valence-electron chi connectivity index (χ4n) is 3.08. The molecule has 1 N–H and O–H groups in total. The standard InChI is InChI=1S/C16H24N2O3/c1-10-9-21-11(2)14(10)15(19)17-13-7-5-6-12(8-13)16(20)18(3)4/h9,12-13H,5-8H2,1-4H3,(H,17,19)/t12-,13-/m1/s1. The maximum absolute atomic E-state index is 12.4. The number of aryl methyl sites for hydroxylation is 2. The van der Waals surface area contributed by atoms with E-state index in [1.807, 2.05) is 6.92 Å². The van der Waals surface area contributed by atoms with Gasteiger partial charge in [-0.2, -0.15) is 0 Å². The first-order valence-electron chi connectivity index (χ1n) is 7.47. The van der Waals surface area contributed by atoms with Gasteiger partial charge < -0.3 is 14.6 Å². The minimum atomic E-state index is -0.0956. The Bertz CT molecular complexity index is 514. The predicted molar refractivity (Wildman–Crippen MR) is 80.1 cm³/mol. The number of carbonyl (C=O) groups excluding carboxylic acids is 2. The molecule has 1 aromatic heterocycles. The van der Waals surface area contributed by atoms with Crippen LogP contribution in [0.3, 0.4) is 0 Å². The third-order valence-corrected chi connectivity index (χ3v) is 4.19. The van der Waals surface area contributed by atoms with E-state index in [0.29, 0.717) is 11.3 Å². The highest BCUT2D eigenvalue weighted by Gasteiger charge is 2.29. The number of amides is 2. The number of nitrogens with one attached hydrogen (secondary N) is 1. The maximum Gasteiger partial charge on any atom is 0.255 e. The summed E-state index contributed by atoms with van der Waals surface area (Å²) in [7, 11) is 3.56. The molecule has 116 valence electrons. The summed E-state index contributed by atoms with van der Waals surface area (Å²) in [6.45, 7) is 3.66. The van der Waals surface area contributed by atoms with Crippen LogP contribution < -0.4 is 5.32 Å². The lowest BCUT2D eigenvalue weighted by molar-refractivity contribution is -0.134. The molecule has 0 spiro atoms. The lowest BCUT2D eigenvalue weighted by Crippen LogP contribution is -2.42. The van der Waals surface area contributed by atoms with Crippen LogP contribution in [-0.4, -0.2) is 36.9 Å². The zero-order valence-corrected chi connectivity index (χ0v) is 13.2. The van der Waals surface area contributed by atoms with Gasteiger partial charge in [0.05, 0.1) is 11.8 Å². The van der Waals surface area contributed by atoms with E-state index in [0.717, 1.165) is 31.2 Å². The van der Waals surface area contributed by atoms with Crippen molar-refractivity contribution in [2.45, 2.75) is 45.6 Å². The molecule has 1 aromatic rings. The van der Waals surface area contributed by atoms with Crippen molar-refractivity contribution in [2.75, 3.05) is 14.1 Å². The summed E-state index contributed by atoms with van der Waals surface area (Å²) in [5.74, 6) is 0.721. The van der Waals surface area contributed by atoms with Gasteiger partial charge in [-0.1, -0.05) is 6.42 Å². The van der Waals surface area contributed by atoms with Gasteiger partial charge in [0.1, 0.15) is 5.76 Å². The molecule has 0 radical (unpaired) electrons. The second kappa shape index (κ2) is 6.33. The van der Waals surface area contributed by atoms with Crippen molar-refractivity contribution in [3.8, 4) is 0 Å². The summed E-state index contributed by atoms with van der Waals surface area (Å²) in [6.07, 6.45) is 5.13. The van der Waals surface area contributed by atoms with Crippen molar-refractivity contribution in [1.82, 2.24) is 10.2 Å². The van der Waals surface area contributed by atoms with Gasteiger partial charge in [0.2, 0.25) is 5.91 Å². The number of carbonyl (C=O) groups is 2. The highest BCUT2D eigenvalue weighted by atomic mass is 16.3. The van der Waals surface area contributed by atoms with Crippen molar-refractivity contribution in [1.29, 1.82) is 0 Å². The molecule has 1 saturated carbocycles. The zero-order chi connectivity index (χ0) is 15.6. The third kappa shape index (κ3) is 3.46.